The van der Waals surface area contributed by atoms with E-state index in [1.54, 1.807) is 13.8 Å². The second-order valence-corrected chi connectivity index (χ2v) is 6.21. The number of carbonyl (C=O) groups is 3. The van der Waals surface area contributed by atoms with Crippen LogP contribution in [0.4, 0.5) is 0 Å². The van der Waals surface area contributed by atoms with Crippen LogP contribution < -0.4 is 10.1 Å². The second kappa shape index (κ2) is 9.59. The van der Waals surface area contributed by atoms with E-state index < -0.39 is 24.5 Å². The molecule has 0 saturated carbocycles. The summed E-state index contributed by atoms with van der Waals surface area (Å²) >= 11 is 0. The van der Waals surface area contributed by atoms with E-state index in [0.717, 1.165) is 11.3 Å². The highest BCUT2D eigenvalue weighted by atomic mass is 16.5. The minimum Gasteiger partial charge on any atom is -0.492 e. The van der Waals surface area contributed by atoms with Crippen LogP contribution in [-0.2, 0) is 14.3 Å². The normalized spacial score (nSPS) is 10.3. The first kappa shape index (κ1) is 21.0. The van der Waals surface area contributed by atoms with Gasteiger partial charge in [-0.25, -0.2) is 9.59 Å². The number of aromatic amines is 1. The van der Waals surface area contributed by atoms with Crippen molar-refractivity contribution in [2.24, 2.45) is 0 Å². The molecule has 1 aromatic heterocycles. The zero-order chi connectivity index (χ0) is 20.7. The average molecular weight is 388 g/mol. The van der Waals surface area contributed by atoms with Crippen molar-refractivity contribution in [2.45, 2.75) is 20.8 Å². The van der Waals surface area contributed by atoms with E-state index in [-0.39, 0.29) is 17.8 Å². The largest absolute Gasteiger partial charge is 0.492 e. The Kier molecular flexibility index (Phi) is 7.20. The SMILES string of the molecule is COC(=O)c1c(C)[nH]c(C(=O)OCC(=O)NCCOc2cccc(C)c2)c1C. The molecule has 28 heavy (non-hydrogen) atoms. The van der Waals surface area contributed by atoms with Gasteiger partial charge in [0.2, 0.25) is 0 Å². The van der Waals surface area contributed by atoms with E-state index in [1.807, 2.05) is 31.2 Å². The van der Waals surface area contributed by atoms with E-state index >= 15 is 0 Å². The van der Waals surface area contributed by atoms with Gasteiger partial charge in [0.1, 0.15) is 18.1 Å². The summed E-state index contributed by atoms with van der Waals surface area (Å²) in [7, 11) is 1.26. The summed E-state index contributed by atoms with van der Waals surface area (Å²) in [4.78, 5) is 38.6. The minimum absolute atomic E-state index is 0.119. The summed E-state index contributed by atoms with van der Waals surface area (Å²) in [6, 6.07) is 7.58. The molecule has 8 heteroatoms. The van der Waals surface area contributed by atoms with Crippen molar-refractivity contribution < 1.29 is 28.6 Å². The molecule has 8 nitrogen and oxygen atoms in total. The lowest BCUT2D eigenvalue weighted by Gasteiger charge is -2.09. The van der Waals surface area contributed by atoms with Crippen LogP contribution in [-0.4, -0.2) is 49.7 Å². The molecule has 1 amide bonds. The van der Waals surface area contributed by atoms with Crippen molar-refractivity contribution in [2.75, 3.05) is 26.9 Å². The van der Waals surface area contributed by atoms with Crippen LogP contribution in [0.1, 0.15) is 37.7 Å². The number of aromatic nitrogens is 1. The van der Waals surface area contributed by atoms with Crippen LogP contribution >= 0.6 is 0 Å². The monoisotopic (exact) mass is 388 g/mol. The lowest BCUT2D eigenvalue weighted by Crippen LogP contribution is -2.32. The summed E-state index contributed by atoms with van der Waals surface area (Å²) in [5.41, 5.74) is 2.40. The van der Waals surface area contributed by atoms with Crippen LogP contribution in [0.25, 0.3) is 0 Å². The Morgan fingerprint density at radius 2 is 1.86 bits per heavy atom. The maximum atomic E-state index is 12.2. The summed E-state index contributed by atoms with van der Waals surface area (Å²) in [6.07, 6.45) is 0. The van der Waals surface area contributed by atoms with Gasteiger partial charge in [0.05, 0.1) is 19.2 Å². The molecular weight excluding hydrogens is 364 g/mol. The quantitative estimate of drug-likeness (QED) is 0.530. The highest BCUT2D eigenvalue weighted by Gasteiger charge is 2.23. The summed E-state index contributed by atoms with van der Waals surface area (Å²) in [5, 5.41) is 2.61. The van der Waals surface area contributed by atoms with Gasteiger partial charge in [-0.15, -0.1) is 0 Å². The molecule has 0 saturated heterocycles. The molecule has 0 aliphatic carbocycles. The van der Waals surface area contributed by atoms with Gasteiger partial charge < -0.3 is 24.5 Å². The molecule has 2 rings (SSSR count). The zero-order valence-corrected chi connectivity index (χ0v) is 16.4. The lowest BCUT2D eigenvalue weighted by molar-refractivity contribution is -0.124. The first-order chi connectivity index (χ1) is 13.3. The number of benzene rings is 1. The van der Waals surface area contributed by atoms with Crippen LogP contribution in [0.2, 0.25) is 0 Å². The van der Waals surface area contributed by atoms with E-state index in [4.69, 9.17) is 14.2 Å². The summed E-state index contributed by atoms with van der Waals surface area (Å²) in [6.45, 7) is 5.35. The van der Waals surface area contributed by atoms with Crippen LogP contribution in [0.3, 0.4) is 0 Å². The Hall–Kier alpha value is -3.29. The Bertz CT molecular complexity index is 872. The fraction of sp³-hybridized carbons (Fsp3) is 0.350. The third kappa shape index (κ3) is 5.35. The van der Waals surface area contributed by atoms with E-state index in [1.165, 1.54) is 7.11 Å². The smallest absolute Gasteiger partial charge is 0.355 e. The standard InChI is InChI=1S/C20H24N2O6/c1-12-6-5-7-15(10-12)27-9-8-21-16(23)11-28-20(25)18-13(2)17(14(3)22-18)19(24)26-4/h5-7,10,22H,8-9,11H2,1-4H3,(H,21,23). The van der Waals surface area contributed by atoms with Crippen molar-refractivity contribution >= 4 is 17.8 Å². The number of methoxy groups -OCH3 is 1. The van der Waals surface area contributed by atoms with E-state index in [0.29, 0.717) is 17.9 Å². The third-order valence-corrected chi connectivity index (χ3v) is 4.05. The molecule has 0 aliphatic rings. The molecule has 1 heterocycles. The average Bonchev–Trinajstić information content (AvgIpc) is 2.97. The van der Waals surface area contributed by atoms with Crippen molar-refractivity contribution in [1.82, 2.24) is 10.3 Å². The highest BCUT2D eigenvalue weighted by Crippen LogP contribution is 2.19. The molecule has 150 valence electrons. The Morgan fingerprint density at radius 1 is 1.11 bits per heavy atom. The molecular formula is C20H24N2O6. The lowest BCUT2D eigenvalue weighted by atomic mass is 10.1. The van der Waals surface area contributed by atoms with Gasteiger partial charge in [-0.3, -0.25) is 4.79 Å². The summed E-state index contributed by atoms with van der Waals surface area (Å²) < 4.78 is 15.2. The number of nitrogens with one attached hydrogen (secondary N) is 2. The number of aryl methyl sites for hydroxylation is 2. The Labute approximate surface area is 163 Å². The van der Waals surface area contributed by atoms with Gasteiger partial charge >= 0.3 is 11.9 Å². The molecule has 0 aliphatic heterocycles. The fourth-order valence-electron chi connectivity index (χ4n) is 2.68. The molecule has 0 bridgehead atoms. The number of ether oxygens (including phenoxy) is 3. The predicted octanol–water partition coefficient (Wildman–Crippen LogP) is 2.08. The van der Waals surface area contributed by atoms with Gasteiger partial charge in [0.25, 0.3) is 5.91 Å². The Morgan fingerprint density at radius 3 is 2.54 bits per heavy atom. The molecule has 0 fully saturated rings. The molecule has 0 spiro atoms. The Balaban J connectivity index is 1.78. The highest BCUT2D eigenvalue weighted by molar-refractivity contribution is 5.99. The summed E-state index contributed by atoms with van der Waals surface area (Å²) in [5.74, 6) is -0.992. The van der Waals surface area contributed by atoms with E-state index in [2.05, 4.69) is 10.3 Å². The molecule has 0 unspecified atom stereocenters. The van der Waals surface area contributed by atoms with Gasteiger partial charge in [0, 0.05) is 5.69 Å². The number of hydrogen-bond acceptors (Lipinski definition) is 6. The second-order valence-electron chi connectivity index (χ2n) is 6.21. The number of H-pyrrole nitrogens is 1. The number of esters is 2. The number of rotatable bonds is 8. The van der Waals surface area contributed by atoms with Crippen LogP contribution in [0, 0.1) is 20.8 Å². The van der Waals surface area contributed by atoms with Gasteiger partial charge in [-0.2, -0.15) is 0 Å². The molecule has 2 N–H and O–H groups in total. The minimum atomic E-state index is -0.720. The van der Waals surface area contributed by atoms with Crippen molar-refractivity contribution in [3.8, 4) is 5.75 Å². The van der Waals surface area contributed by atoms with Crippen molar-refractivity contribution in [3.63, 3.8) is 0 Å². The number of carbonyl (C=O) groups excluding carboxylic acids is 3. The zero-order valence-electron chi connectivity index (χ0n) is 16.4. The van der Waals surface area contributed by atoms with Crippen molar-refractivity contribution in [1.29, 1.82) is 0 Å². The number of hydrogen-bond donors (Lipinski definition) is 2. The fourth-order valence-corrected chi connectivity index (χ4v) is 2.68. The van der Waals surface area contributed by atoms with E-state index in [9.17, 15) is 14.4 Å². The maximum absolute atomic E-state index is 12.2. The third-order valence-electron chi connectivity index (χ3n) is 4.05. The molecule has 0 radical (unpaired) electrons. The topological polar surface area (TPSA) is 107 Å². The molecule has 2 aromatic rings. The van der Waals surface area contributed by atoms with Gasteiger partial charge in [-0.05, 0) is 44.0 Å². The molecule has 1 aromatic carbocycles. The first-order valence-corrected chi connectivity index (χ1v) is 8.74. The first-order valence-electron chi connectivity index (χ1n) is 8.74. The van der Waals surface area contributed by atoms with Gasteiger partial charge in [-0.1, -0.05) is 12.1 Å². The van der Waals surface area contributed by atoms with Crippen molar-refractivity contribution in [3.05, 3.63) is 52.3 Å². The predicted molar refractivity (Wildman–Crippen MR) is 102 cm³/mol. The van der Waals surface area contributed by atoms with Gasteiger partial charge in [0.15, 0.2) is 6.61 Å². The molecule has 0 atom stereocenters. The van der Waals surface area contributed by atoms with Crippen LogP contribution in [0.15, 0.2) is 24.3 Å². The maximum Gasteiger partial charge on any atom is 0.355 e. The number of amides is 1. The van der Waals surface area contributed by atoms with Crippen LogP contribution in [0.5, 0.6) is 5.75 Å².